The van der Waals surface area contributed by atoms with Crippen LogP contribution in [0.1, 0.15) is 71.1 Å². The zero-order valence-electron chi connectivity index (χ0n) is 13.8. The molecular weight excluding hydrogens is 256 g/mol. The van der Waals surface area contributed by atoms with Gasteiger partial charge in [-0.2, -0.15) is 0 Å². The van der Waals surface area contributed by atoms with Gasteiger partial charge in [0.2, 0.25) is 0 Å². The Kier molecular flexibility index (Phi) is 4.04. The predicted molar refractivity (Wildman–Crippen MR) is 87.4 cm³/mol. The molecule has 5 fully saturated rings. The summed E-state index contributed by atoms with van der Waals surface area (Å²) in [4.78, 5) is 0. The third-order valence-electron chi connectivity index (χ3n) is 7.88. The molecule has 2 heteroatoms. The van der Waals surface area contributed by atoms with Gasteiger partial charge in [0.15, 0.2) is 0 Å². The number of nitrogens with two attached hydrogens (primary N) is 1. The molecule has 120 valence electrons. The summed E-state index contributed by atoms with van der Waals surface area (Å²) >= 11 is 0. The molecule has 5 aliphatic rings. The van der Waals surface area contributed by atoms with Gasteiger partial charge < -0.3 is 0 Å². The maximum Gasteiger partial charge on any atom is 0.0272 e. The average Bonchev–Trinajstić information content (AvgIpc) is 2.50. The summed E-state index contributed by atoms with van der Waals surface area (Å²) in [5.41, 5.74) is 3.33. The molecule has 2 nitrogen and oxygen atoms in total. The highest BCUT2D eigenvalue weighted by Gasteiger charge is 2.51. The molecule has 5 saturated carbocycles. The van der Waals surface area contributed by atoms with Gasteiger partial charge in [0.1, 0.15) is 0 Å². The van der Waals surface area contributed by atoms with Crippen molar-refractivity contribution in [3.63, 3.8) is 0 Å². The van der Waals surface area contributed by atoms with Gasteiger partial charge in [-0.05, 0) is 86.4 Å². The summed E-state index contributed by atoms with van der Waals surface area (Å²) in [7, 11) is 0. The smallest absolute Gasteiger partial charge is 0.0272 e. The highest BCUT2D eigenvalue weighted by atomic mass is 15.2. The van der Waals surface area contributed by atoms with Crippen molar-refractivity contribution < 1.29 is 0 Å². The third-order valence-corrected chi connectivity index (χ3v) is 7.88. The second-order valence-corrected chi connectivity index (χ2v) is 8.89. The van der Waals surface area contributed by atoms with E-state index in [0.717, 1.165) is 41.4 Å². The van der Waals surface area contributed by atoms with E-state index < -0.39 is 0 Å². The van der Waals surface area contributed by atoms with E-state index in [2.05, 4.69) is 12.3 Å². The zero-order valence-corrected chi connectivity index (χ0v) is 13.8. The lowest BCUT2D eigenvalue weighted by Gasteiger charge is -2.57. The fourth-order valence-electron chi connectivity index (χ4n) is 7.07. The van der Waals surface area contributed by atoms with Crippen molar-refractivity contribution >= 4 is 0 Å². The number of hydrazine groups is 1. The first-order chi connectivity index (χ1) is 10.3. The van der Waals surface area contributed by atoms with E-state index in [1.807, 2.05) is 0 Å². The monoisotopic (exact) mass is 290 g/mol. The van der Waals surface area contributed by atoms with Crippen LogP contribution in [0.5, 0.6) is 0 Å². The quantitative estimate of drug-likeness (QED) is 0.604. The molecule has 1 atom stereocenters. The van der Waals surface area contributed by atoms with Crippen molar-refractivity contribution in [1.29, 1.82) is 0 Å². The van der Waals surface area contributed by atoms with Crippen LogP contribution in [0.4, 0.5) is 0 Å². The Bertz CT molecular complexity index is 331. The first-order valence-corrected chi connectivity index (χ1v) is 9.74. The number of hydrogen-bond donors (Lipinski definition) is 2. The van der Waals surface area contributed by atoms with Gasteiger partial charge in [-0.3, -0.25) is 11.3 Å². The molecule has 4 bridgehead atoms. The number of nitrogens with one attached hydrogen (secondary N) is 1. The molecule has 0 aromatic rings. The minimum absolute atomic E-state index is 0.623. The second-order valence-electron chi connectivity index (χ2n) is 8.89. The summed E-state index contributed by atoms with van der Waals surface area (Å²) < 4.78 is 0. The fraction of sp³-hybridized carbons (Fsp3) is 1.00. The van der Waals surface area contributed by atoms with E-state index in [9.17, 15) is 0 Å². The van der Waals surface area contributed by atoms with E-state index in [1.165, 1.54) is 57.8 Å². The van der Waals surface area contributed by atoms with Crippen LogP contribution < -0.4 is 11.3 Å². The SMILES string of the molecule is CCC1CCC(C(NN)C2C3CC4CC(C3)CC2C4)CC1. The first kappa shape index (κ1) is 14.5. The molecule has 0 spiro atoms. The molecule has 1 unspecified atom stereocenters. The molecule has 0 radical (unpaired) electrons. The Labute approximate surface area is 130 Å². The maximum atomic E-state index is 6.10. The van der Waals surface area contributed by atoms with Gasteiger partial charge in [0, 0.05) is 6.04 Å². The van der Waals surface area contributed by atoms with E-state index in [0.29, 0.717) is 6.04 Å². The Hall–Kier alpha value is -0.0800. The van der Waals surface area contributed by atoms with Crippen LogP contribution >= 0.6 is 0 Å². The van der Waals surface area contributed by atoms with Crippen LogP contribution in [0.3, 0.4) is 0 Å². The molecule has 5 rings (SSSR count). The largest absolute Gasteiger partial charge is 0.271 e. The Morgan fingerprint density at radius 2 is 1.48 bits per heavy atom. The van der Waals surface area contributed by atoms with Crippen molar-refractivity contribution in [2.75, 3.05) is 0 Å². The van der Waals surface area contributed by atoms with E-state index in [-0.39, 0.29) is 0 Å². The molecule has 0 aromatic heterocycles. The molecular formula is C19H34N2. The number of rotatable bonds is 4. The summed E-state index contributed by atoms with van der Waals surface area (Å²) in [5.74, 6) is 13.0. The number of hydrogen-bond acceptors (Lipinski definition) is 2. The topological polar surface area (TPSA) is 38.0 Å². The zero-order chi connectivity index (χ0) is 14.4. The summed E-state index contributed by atoms with van der Waals surface area (Å²) in [6, 6.07) is 0.623. The molecule has 0 aliphatic heterocycles. The molecule has 3 N–H and O–H groups in total. The Morgan fingerprint density at radius 1 is 0.905 bits per heavy atom. The van der Waals surface area contributed by atoms with E-state index >= 15 is 0 Å². The van der Waals surface area contributed by atoms with Crippen molar-refractivity contribution in [1.82, 2.24) is 5.43 Å². The lowest BCUT2D eigenvalue weighted by molar-refractivity contribution is -0.0641. The van der Waals surface area contributed by atoms with Crippen LogP contribution in [0.15, 0.2) is 0 Å². The molecule has 0 saturated heterocycles. The van der Waals surface area contributed by atoms with Crippen molar-refractivity contribution in [2.24, 2.45) is 47.3 Å². The van der Waals surface area contributed by atoms with Crippen molar-refractivity contribution in [2.45, 2.75) is 77.2 Å². The minimum atomic E-state index is 0.623. The van der Waals surface area contributed by atoms with E-state index in [4.69, 9.17) is 5.84 Å². The second kappa shape index (κ2) is 5.85. The summed E-state index contributed by atoms with van der Waals surface area (Å²) in [5, 5.41) is 0. The molecule has 5 aliphatic carbocycles. The predicted octanol–water partition coefficient (Wildman–Crippen LogP) is 4.11. The Morgan fingerprint density at radius 3 is 1.95 bits per heavy atom. The summed E-state index contributed by atoms with van der Waals surface area (Å²) in [6.07, 6.45) is 14.8. The van der Waals surface area contributed by atoms with Crippen LogP contribution in [0.2, 0.25) is 0 Å². The van der Waals surface area contributed by atoms with Crippen LogP contribution in [-0.2, 0) is 0 Å². The minimum Gasteiger partial charge on any atom is -0.271 e. The van der Waals surface area contributed by atoms with Gasteiger partial charge >= 0.3 is 0 Å². The molecule has 0 amide bonds. The van der Waals surface area contributed by atoms with E-state index in [1.54, 1.807) is 6.42 Å². The standard InChI is InChI=1S/C19H34N2/c1-2-12-3-5-15(6-4-12)19(21-20)18-16-8-13-7-14(10-16)11-17(18)9-13/h12-19,21H,2-11,20H2,1H3. The average molecular weight is 290 g/mol. The van der Waals surface area contributed by atoms with Gasteiger partial charge in [-0.1, -0.05) is 26.2 Å². The lowest BCUT2D eigenvalue weighted by atomic mass is 9.49. The lowest BCUT2D eigenvalue weighted by Crippen LogP contribution is -2.57. The normalized spacial score (nSPS) is 50.3. The van der Waals surface area contributed by atoms with Gasteiger partial charge in [0.05, 0.1) is 0 Å². The van der Waals surface area contributed by atoms with Crippen LogP contribution in [0.25, 0.3) is 0 Å². The van der Waals surface area contributed by atoms with Crippen molar-refractivity contribution in [3.8, 4) is 0 Å². The van der Waals surface area contributed by atoms with Gasteiger partial charge in [-0.25, -0.2) is 0 Å². The highest BCUT2D eigenvalue weighted by molar-refractivity contribution is 5.02. The third kappa shape index (κ3) is 2.57. The maximum absolute atomic E-state index is 6.10. The molecule has 0 heterocycles. The van der Waals surface area contributed by atoms with Crippen LogP contribution in [-0.4, -0.2) is 6.04 Å². The fourth-order valence-corrected chi connectivity index (χ4v) is 7.07. The Balaban J connectivity index is 1.46. The molecule has 21 heavy (non-hydrogen) atoms. The molecule has 0 aromatic carbocycles. The van der Waals surface area contributed by atoms with Gasteiger partial charge in [0.25, 0.3) is 0 Å². The van der Waals surface area contributed by atoms with Crippen LogP contribution in [0, 0.1) is 41.4 Å². The van der Waals surface area contributed by atoms with Crippen molar-refractivity contribution in [3.05, 3.63) is 0 Å². The van der Waals surface area contributed by atoms with Gasteiger partial charge in [-0.15, -0.1) is 0 Å². The highest BCUT2D eigenvalue weighted by Crippen LogP contribution is 2.58. The summed E-state index contributed by atoms with van der Waals surface area (Å²) in [6.45, 7) is 2.36. The first-order valence-electron chi connectivity index (χ1n) is 9.74.